The van der Waals surface area contributed by atoms with Crippen molar-refractivity contribution in [1.29, 1.82) is 0 Å². The summed E-state index contributed by atoms with van der Waals surface area (Å²) in [7, 11) is 0. The first-order valence-corrected chi connectivity index (χ1v) is 10.9. The third-order valence-corrected chi connectivity index (χ3v) is 7.20. The Bertz CT molecular complexity index is 849. The van der Waals surface area contributed by atoms with Crippen molar-refractivity contribution in [2.45, 2.75) is 49.1 Å². The Labute approximate surface area is 175 Å². The number of halogens is 1. The fourth-order valence-electron chi connectivity index (χ4n) is 4.59. The molecule has 0 spiro atoms. The van der Waals surface area contributed by atoms with Gasteiger partial charge in [-0.05, 0) is 36.6 Å². The number of amides is 1. The number of carbonyl (C=O) groups is 1. The molecule has 0 bridgehead atoms. The Hall–Kier alpha value is -1.57. The number of nitrogens with zero attached hydrogens (tertiary/aromatic N) is 4. The molecule has 6 nitrogen and oxygen atoms in total. The average molecular weight is 420 g/mol. The van der Waals surface area contributed by atoms with Gasteiger partial charge in [-0.3, -0.25) is 4.79 Å². The third kappa shape index (κ3) is 3.55. The zero-order valence-corrected chi connectivity index (χ0v) is 17.5. The maximum Gasteiger partial charge on any atom is 0.230 e. The van der Waals surface area contributed by atoms with E-state index in [0.29, 0.717) is 11.8 Å². The third-order valence-electron chi connectivity index (χ3n) is 6.08. The first-order chi connectivity index (χ1) is 13.3. The molecule has 28 heavy (non-hydrogen) atoms. The first-order valence-electron chi connectivity index (χ1n) is 9.94. The molecular formula is C20H26ClN5OS. The fraction of sp³-hybridized carbons (Fsp3) is 0.550. The van der Waals surface area contributed by atoms with E-state index in [0.717, 1.165) is 69.4 Å². The van der Waals surface area contributed by atoms with Crippen LogP contribution in [0.15, 0.2) is 29.2 Å². The molecule has 1 saturated heterocycles. The highest BCUT2D eigenvalue weighted by atomic mass is 35.5. The van der Waals surface area contributed by atoms with Gasteiger partial charge in [-0.1, -0.05) is 18.2 Å². The molecule has 3 aliphatic rings. The van der Waals surface area contributed by atoms with Crippen LogP contribution in [-0.2, 0) is 17.9 Å². The second kappa shape index (κ2) is 8.43. The topological polar surface area (TPSA) is 63.1 Å². The Morgan fingerprint density at radius 2 is 1.93 bits per heavy atom. The van der Waals surface area contributed by atoms with Crippen LogP contribution in [0.1, 0.15) is 48.3 Å². The fourth-order valence-corrected chi connectivity index (χ4v) is 5.72. The van der Waals surface area contributed by atoms with E-state index in [2.05, 4.69) is 49.2 Å². The molecule has 1 aromatic carbocycles. The summed E-state index contributed by atoms with van der Waals surface area (Å²) in [5, 5.41) is 12.2. The Morgan fingerprint density at radius 3 is 2.79 bits per heavy atom. The van der Waals surface area contributed by atoms with Gasteiger partial charge in [0.2, 0.25) is 5.91 Å². The van der Waals surface area contributed by atoms with Crippen molar-refractivity contribution in [3.8, 4) is 0 Å². The molecule has 2 aromatic rings. The van der Waals surface area contributed by atoms with E-state index < -0.39 is 0 Å². The quantitative estimate of drug-likeness (QED) is 0.810. The number of thioether (sulfide) groups is 1. The molecule has 1 atom stereocenters. The molecule has 150 valence electrons. The highest BCUT2D eigenvalue weighted by Crippen LogP contribution is 2.39. The van der Waals surface area contributed by atoms with Crippen LogP contribution in [0.4, 0.5) is 0 Å². The van der Waals surface area contributed by atoms with Gasteiger partial charge in [-0.15, -0.1) is 34.4 Å². The van der Waals surface area contributed by atoms with Gasteiger partial charge >= 0.3 is 0 Å². The Morgan fingerprint density at radius 1 is 1.11 bits per heavy atom. The second-order valence-corrected chi connectivity index (χ2v) is 8.77. The van der Waals surface area contributed by atoms with Gasteiger partial charge in [0, 0.05) is 37.0 Å². The van der Waals surface area contributed by atoms with E-state index in [9.17, 15) is 4.79 Å². The number of aromatic nitrogens is 3. The van der Waals surface area contributed by atoms with E-state index >= 15 is 0 Å². The minimum atomic E-state index is 0. The van der Waals surface area contributed by atoms with Crippen LogP contribution in [0, 0.1) is 0 Å². The summed E-state index contributed by atoms with van der Waals surface area (Å²) in [4.78, 5) is 16.6. The lowest BCUT2D eigenvalue weighted by Gasteiger charge is -2.35. The molecule has 1 fully saturated rings. The molecule has 1 aromatic heterocycles. The number of rotatable bonds is 2. The van der Waals surface area contributed by atoms with Crippen molar-refractivity contribution >= 4 is 30.1 Å². The molecule has 1 amide bonds. The molecule has 0 radical (unpaired) electrons. The highest BCUT2D eigenvalue weighted by Gasteiger charge is 2.34. The summed E-state index contributed by atoms with van der Waals surface area (Å²) in [6.45, 7) is 4.40. The molecular weight excluding hydrogens is 394 g/mol. The monoisotopic (exact) mass is 419 g/mol. The van der Waals surface area contributed by atoms with Crippen LogP contribution < -0.4 is 5.32 Å². The lowest BCUT2D eigenvalue weighted by molar-refractivity contribution is -0.134. The summed E-state index contributed by atoms with van der Waals surface area (Å²) < 4.78 is 2.28. The van der Waals surface area contributed by atoms with Crippen LogP contribution in [-0.4, -0.2) is 51.0 Å². The Balaban J connectivity index is 0.00000192. The van der Waals surface area contributed by atoms with Crippen molar-refractivity contribution in [3.05, 3.63) is 41.5 Å². The Kier molecular flexibility index (Phi) is 5.94. The zero-order chi connectivity index (χ0) is 18.2. The number of fused-ring (bicyclic) bond motifs is 2. The number of hydrogen-bond acceptors (Lipinski definition) is 5. The molecule has 0 saturated carbocycles. The second-order valence-electron chi connectivity index (χ2n) is 7.63. The minimum absolute atomic E-state index is 0. The van der Waals surface area contributed by atoms with Crippen LogP contribution in [0.2, 0.25) is 0 Å². The van der Waals surface area contributed by atoms with Crippen LogP contribution in [0.25, 0.3) is 0 Å². The SMILES string of the molecule is Cl.O=C(C1CCSc2ccccc21)N1CCC(c2nnc3n2CCNC3)CC1. The number of likely N-dealkylation sites (tertiary alicyclic amines) is 1. The van der Waals surface area contributed by atoms with Crippen molar-refractivity contribution in [1.82, 2.24) is 25.0 Å². The minimum Gasteiger partial charge on any atom is -0.342 e. The predicted molar refractivity (Wildman–Crippen MR) is 112 cm³/mol. The summed E-state index contributed by atoms with van der Waals surface area (Å²) in [5.74, 6) is 3.97. The van der Waals surface area contributed by atoms with Crippen LogP contribution in [0.3, 0.4) is 0 Å². The molecule has 1 unspecified atom stereocenters. The molecule has 8 heteroatoms. The summed E-state index contributed by atoms with van der Waals surface area (Å²) in [5.41, 5.74) is 1.22. The molecule has 0 aliphatic carbocycles. The summed E-state index contributed by atoms with van der Waals surface area (Å²) in [6, 6.07) is 8.40. The molecule has 3 aliphatic heterocycles. The van der Waals surface area contributed by atoms with Gasteiger partial charge in [0.15, 0.2) is 0 Å². The largest absolute Gasteiger partial charge is 0.342 e. The van der Waals surface area contributed by atoms with E-state index in [-0.39, 0.29) is 18.3 Å². The van der Waals surface area contributed by atoms with Gasteiger partial charge in [0.05, 0.1) is 12.5 Å². The predicted octanol–water partition coefficient (Wildman–Crippen LogP) is 2.79. The molecule has 1 N–H and O–H groups in total. The normalized spacial score (nSPS) is 22.1. The van der Waals surface area contributed by atoms with Crippen molar-refractivity contribution in [2.75, 3.05) is 25.4 Å². The smallest absolute Gasteiger partial charge is 0.230 e. The molecule has 5 rings (SSSR count). The van der Waals surface area contributed by atoms with Gasteiger partial charge in [0.25, 0.3) is 0 Å². The van der Waals surface area contributed by atoms with Crippen LogP contribution >= 0.6 is 24.2 Å². The van der Waals surface area contributed by atoms with Crippen molar-refractivity contribution < 1.29 is 4.79 Å². The van der Waals surface area contributed by atoms with E-state index in [1.54, 1.807) is 0 Å². The maximum atomic E-state index is 13.2. The first kappa shape index (κ1) is 19.7. The van der Waals surface area contributed by atoms with Gasteiger partial charge in [-0.25, -0.2) is 0 Å². The molecule has 4 heterocycles. The summed E-state index contributed by atoms with van der Waals surface area (Å²) >= 11 is 1.87. The lowest BCUT2D eigenvalue weighted by Crippen LogP contribution is -2.42. The van der Waals surface area contributed by atoms with Gasteiger partial charge in [-0.2, -0.15) is 0 Å². The lowest BCUT2D eigenvalue weighted by atomic mass is 9.91. The number of hydrogen-bond donors (Lipinski definition) is 1. The van der Waals surface area contributed by atoms with Crippen LogP contribution in [0.5, 0.6) is 0 Å². The maximum absolute atomic E-state index is 13.2. The number of nitrogens with one attached hydrogen (secondary N) is 1. The average Bonchev–Trinajstić information content (AvgIpc) is 3.17. The van der Waals surface area contributed by atoms with Gasteiger partial charge in [0.1, 0.15) is 11.6 Å². The van der Waals surface area contributed by atoms with E-state index in [1.165, 1.54) is 10.5 Å². The number of piperidine rings is 1. The van der Waals surface area contributed by atoms with E-state index in [1.807, 2.05) is 11.8 Å². The number of carbonyl (C=O) groups excluding carboxylic acids is 1. The highest BCUT2D eigenvalue weighted by molar-refractivity contribution is 7.99. The van der Waals surface area contributed by atoms with E-state index in [4.69, 9.17) is 0 Å². The number of benzene rings is 1. The summed E-state index contributed by atoms with van der Waals surface area (Å²) in [6.07, 6.45) is 2.92. The zero-order valence-electron chi connectivity index (χ0n) is 15.8. The standard InChI is InChI=1S/C20H25N5OS.ClH/c26-20(16-7-12-27-17-4-2-1-3-15(16)17)24-9-5-14(6-10-24)19-23-22-18-13-21-8-11-25(18)19;/h1-4,14,16,21H,5-13H2;1H. The van der Waals surface area contributed by atoms with Gasteiger partial charge < -0.3 is 14.8 Å². The van der Waals surface area contributed by atoms with Crippen molar-refractivity contribution in [3.63, 3.8) is 0 Å². The van der Waals surface area contributed by atoms with Crippen molar-refractivity contribution in [2.24, 2.45) is 0 Å².